The zero-order valence-corrected chi connectivity index (χ0v) is 55.5. The van der Waals surface area contributed by atoms with E-state index in [2.05, 4.69) is 395 Å². The van der Waals surface area contributed by atoms with Crippen LogP contribution in [0.1, 0.15) is 0 Å². The Balaban J connectivity index is 0.853. The molecule has 0 radical (unpaired) electrons. The van der Waals surface area contributed by atoms with Gasteiger partial charge in [-0.3, -0.25) is 9.13 Å². The molecule has 18 aromatic carbocycles. The molecule has 0 N–H and O–H groups in total. The summed E-state index contributed by atoms with van der Waals surface area (Å²) in [5.41, 5.74) is 24.0. The van der Waals surface area contributed by atoms with Gasteiger partial charge in [-0.25, -0.2) is 9.97 Å². The number of hydrogen-bond acceptors (Lipinski definition) is 4. The molecule has 0 saturated carbocycles. The molecular weight excluding hydrogens is 1240 g/mol. The molecule has 6 heteroatoms. The summed E-state index contributed by atoms with van der Waals surface area (Å²) in [4.78, 5) is 15.3. The SMILES string of the molecule is c1ccc(N(c2ccccc2)c2ccc(-c3c4cccc5c(-c6ccc(-c7nc8ccccc8n7-c7ccccc7)cc6)cc6c(-c7ccc(N(c8ccccc8)c8ccccc8)cc7)c7cccc8c(-c9ccc(-c%10nc%11ccccc%11n%10-c%10ccccc%10)cc9)cc3c(c87)c6c54)cc2)cc1. The molecule has 102 heavy (non-hydrogen) atoms. The maximum absolute atomic E-state index is 5.32. The average molecular weight is 1300 g/mol. The van der Waals surface area contributed by atoms with Gasteiger partial charge in [0.2, 0.25) is 0 Å². The predicted octanol–water partition coefficient (Wildman–Crippen LogP) is 25.9. The molecule has 20 rings (SSSR count). The van der Waals surface area contributed by atoms with Crippen LogP contribution in [0.15, 0.2) is 376 Å². The highest BCUT2D eigenvalue weighted by molar-refractivity contribution is 6.44. The van der Waals surface area contributed by atoms with Crippen LogP contribution in [0.4, 0.5) is 34.1 Å². The van der Waals surface area contributed by atoms with Gasteiger partial charge in [-0.15, -0.1) is 0 Å². The first-order valence-electron chi connectivity index (χ1n) is 34.9. The third kappa shape index (κ3) is 9.56. The zero-order chi connectivity index (χ0) is 67.2. The van der Waals surface area contributed by atoms with E-state index in [1.807, 2.05) is 0 Å². The summed E-state index contributed by atoms with van der Waals surface area (Å²) in [7, 11) is 0. The van der Waals surface area contributed by atoms with Crippen molar-refractivity contribution in [3.05, 3.63) is 376 Å². The van der Waals surface area contributed by atoms with E-state index < -0.39 is 0 Å². The van der Waals surface area contributed by atoms with Gasteiger partial charge in [0.15, 0.2) is 0 Å². The van der Waals surface area contributed by atoms with Crippen LogP contribution in [-0.2, 0) is 0 Å². The monoisotopic (exact) mass is 1300 g/mol. The number of benzene rings is 18. The molecule has 476 valence electrons. The number of imidazole rings is 2. The fraction of sp³-hybridized carbons (Fsp3) is 0. The molecule has 6 nitrogen and oxygen atoms in total. The summed E-state index contributed by atoms with van der Waals surface area (Å²) in [6.45, 7) is 0. The van der Waals surface area contributed by atoms with E-state index in [0.717, 1.165) is 124 Å². The van der Waals surface area contributed by atoms with E-state index in [-0.39, 0.29) is 0 Å². The first-order valence-corrected chi connectivity index (χ1v) is 34.9. The molecule has 0 aliphatic carbocycles. The second-order valence-corrected chi connectivity index (χ2v) is 26.4. The highest BCUT2D eigenvalue weighted by Crippen LogP contribution is 2.56. The largest absolute Gasteiger partial charge is 0.311 e. The molecule has 0 unspecified atom stereocenters. The summed E-state index contributed by atoms with van der Waals surface area (Å²) in [6, 6.07) is 137. The molecule has 0 aliphatic heterocycles. The summed E-state index contributed by atoms with van der Waals surface area (Å²) in [6.07, 6.45) is 0. The molecule has 0 spiro atoms. The fourth-order valence-corrected chi connectivity index (χ4v) is 16.1. The Hall–Kier alpha value is -13.7. The lowest BCUT2D eigenvalue weighted by molar-refractivity contribution is 1.10. The average Bonchev–Trinajstić information content (AvgIpc) is 0.828. The van der Waals surface area contributed by atoms with E-state index in [1.54, 1.807) is 0 Å². The van der Waals surface area contributed by atoms with Crippen molar-refractivity contribution < 1.29 is 0 Å². The quantitative estimate of drug-likeness (QED) is 0.0804. The van der Waals surface area contributed by atoms with Crippen molar-refractivity contribution >= 4 is 110 Å². The summed E-state index contributed by atoms with van der Waals surface area (Å²) in [5, 5.41) is 12.2. The van der Waals surface area contributed by atoms with Gasteiger partial charge >= 0.3 is 0 Å². The third-order valence-corrected chi connectivity index (χ3v) is 20.6. The van der Waals surface area contributed by atoms with E-state index in [9.17, 15) is 0 Å². The Morgan fingerprint density at radius 1 is 0.206 bits per heavy atom. The van der Waals surface area contributed by atoms with Crippen LogP contribution in [0.3, 0.4) is 0 Å². The van der Waals surface area contributed by atoms with Crippen LogP contribution in [0.25, 0.3) is 155 Å². The van der Waals surface area contributed by atoms with E-state index in [4.69, 9.17) is 9.97 Å². The molecule has 0 saturated heterocycles. The van der Waals surface area contributed by atoms with Crippen LogP contribution in [0.5, 0.6) is 0 Å². The second-order valence-electron chi connectivity index (χ2n) is 26.4. The van der Waals surface area contributed by atoms with Gasteiger partial charge in [0.05, 0.1) is 22.1 Å². The Morgan fingerprint density at radius 2 is 0.490 bits per heavy atom. The third-order valence-electron chi connectivity index (χ3n) is 20.6. The smallest absolute Gasteiger partial charge is 0.145 e. The van der Waals surface area contributed by atoms with Gasteiger partial charge in [0, 0.05) is 56.6 Å². The van der Waals surface area contributed by atoms with Crippen molar-refractivity contribution in [1.82, 2.24) is 19.1 Å². The Labute approximate surface area is 590 Å². The van der Waals surface area contributed by atoms with Gasteiger partial charge in [0.25, 0.3) is 0 Å². The standard InChI is InChI=1S/C96H62N6/c1-7-25-69(26-8-1)99(70-27-9-2-10-28-70)75-57-53-65(54-58-75)89-79-39-23-37-77-82(64-47-51-68(52-48-64)96-98-86-42-20-22-44-88(86)102(96)74-35-17-6-18-36-74)62-84-90(66-55-59-76(60-56-66)100(71-29-11-3-12-30-71)72-31-13-4-14-32-72)80-40-24-38-78-81(61-83(89)93(92(78)80)94(84)91(77)79)63-45-49-67(50-46-63)95-97-85-41-19-21-43-87(85)101(95)73-33-15-5-16-34-73/h1-62H. The van der Waals surface area contributed by atoms with Crippen LogP contribution in [0, 0.1) is 0 Å². The first-order chi connectivity index (χ1) is 50.6. The number of nitrogens with zero attached hydrogens (tertiary/aromatic N) is 6. The number of hydrogen-bond donors (Lipinski definition) is 0. The minimum atomic E-state index is 0.899. The van der Waals surface area contributed by atoms with Crippen LogP contribution in [-0.4, -0.2) is 19.1 Å². The van der Waals surface area contributed by atoms with Crippen molar-refractivity contribution in [2.24, 2.45) is 0 Å². The molecule has 2 heterocycles. The molecule has 0 aliphatic rings. The molecule has 0 amide bonds. The summed E-state index contributed by atoms with van der Waals surface area (Å²) >= 11 is 0. The Morgan fingerprint density at radius 3 is 0.843 bits per heavy atom. The first kappa shape index (κ1) is 58.5. The molecule has 20 aromatic rings. The number of rotatable bonds is 14. The van der Waals surface area contributed by atoms with Crippen molar-refractivity contribution in [2.75, 3.05) is 9.80 Å². The maximum atomic E-state index is 5.32. The lowest BCUT2D eigenvalue weighted by Gasteiger charge is -2.27. The predicted molar refractivity (Wildman–Crippen MR) is 428 cm³/mol. The molecule has 2 aromatic heterocycles. The van der Waals surface area contributed by atoms with Crippen LogP contribution >= 0.6 is 0 Å². The summed E-state index contributed by atoms with van der Waals surface area (Å²) < 4.78 is 4.57. The van der Waals surface area contributed by atoms with Crippen molar-refractivity contribution in [2.45, 2.75) is 0 Å². The van der Waals surface area contributed by atoms with Crippen LogP contribution < -0.4 is 9.80 Å². The highest BCUT2D eigenvalue weighted by Gasteiger charge is 2.29. The van der Waals surface area contributed by atoms with E-state index in [1.165, 1.54) is 65.0 Å². The fourth-order valence-electron chi connectivity index (χ4n) is 16.1. The highest BCUT2D eigenvalue weighted by atomic mass is 15.1. The van der Waals surface area contributed by atoms with E-state index >= 15 is 0 Å². The van der Waals surface area contributed by atoms with Gasteiger partial charge in [0.1, 0.15) is 11.6 Å². The molecule has 0 fully saturated rings. The lowest BCUT2D eigenvalue weighted by Crippen LogP contribution is -2.09. The van der Waals surface area contributed by atoms with Crippen molar-refractivity contribution in [3.63, 3.8) is 0 Å². The van der Waals surface area contributed by atoms with Crippen molar-refractivity contribution in [3.8, 4) is 78.7 Å². The van der Waals surface area contributed by atoms with Gasteiger partial charge < -0.3 is 9.80 Å². The number of aromatic nitrogens is 4. The number of fused-ring (bicyclic) bond motifs is 2. The molecular formula is C96H62N6. The van der Waals surface area contributed by atoms with Gasteiger partial charge in [-0.2, -0.15) is 0 Å². The minimum absolute atomic E-state index is 0.899. The normalized spacial score (nSPS) is 11.7. The summed E-state index contributed by atoms with van der Waals surface area (Å²) in [5.74, 6) is 1.80. The Kier molecular flexibility index (Phi) is 13.8. The minimum Gasteiger partial charge on any atom is -0.311 e. The molecule has 0 atom stereocenters. The maximum Gasteiger partial charge on any atom is 0.145 e. The second kappa shape index (κ2) is 24.1. The Bertz CT molecular complexity index is 6000. The van der Waals surface area contributed by atoms with Crippen LogP contribution in [0.2, 0.25) is 0 Å². The van der Waals surface area contributed by atoms with Gasteiger partial charge in [-0.1, -0.05) is 243 Å². The van der Waals surface area contributed by atoms with Crippen molar-refractivity contribution in [1.29, 1.82) is 0 Å². The number of anilines is 6. The lowest BCUT2D eigenvalue weighted by atomic mass is 9.77. The number of para-hydroxylation sites is 10. The molecule has 0 bridgehead atoms. The van der Waals surface area contributed by atoms with Gasteiger partial charge in [-0.05, 0) is 232 Å². The topological polar surface area (TPSA) is 42.1 Å². The zero-order valence-electron chi connectivity index (χ0n) is 55.5. The van der Waals surface area contributed by atoms with E-state index in [0.29, 0.717) is 0 Å².